The molecule has 1 fully saturated rings. The lowest BCUT2D eigenvalue weighted by Gasteiger charge is -2.31. The second-order valence-electron chi connectivity index (χ2n) is 8.48. The van der Waals surface area contributed by atoms with Gasteiger partial charge >= 0.3 is 0 Å². The maximum atomic E-state index is 6.16. The molecule has 2 aromatic heterocycles. The molecule has 176 valence electrons. The van der Waals surface area contributed by atoms with Crippen LogP contribution in [0.3, 0.4) is 0 Å². The van der Waals surface area contributed by atoms with Gasteiger partial charge in [0.15, 0.2) is 16.8 Å². The second-order valence-corrected chi connectivity index (χ2v) is 9.86. The Balaban J connectivity index is 1.36. The molecule has 0 amide bonds. The van der Waals surface area contributed by atoms with Crippen molar-refractivity contribution in [2.24, 2.45) is 0 Å². The van der Waals surface area contributed by atoms with Crippen molar-refractivity contribution in [3.63, 3.8) is 0 Å². The second kappa shape index (κ2) is 10.7. The van der Waals surface area contributed by atoms with Gasteiger partial charge in [0, 0.05) is 17.1 Å². The smallest absolute Gasteiger partial charge is 0.237 e. The number of rotatable bonds is 8. The predicted octanol–water partition coefficient (Wildman–Crippen LogP) is 5.73. The van der Waals surface area contributed by atoms with Gasteiger partial charge in [-0.3, -0.25) is 9.47 Å². The highest BCUT2D eigenvalue weighted by molar-refractivity contribution is 7.98. The molecule has 34 heavy (non-hydrogen) atoms. The normalized spacial score (nSPS) is 15.5. The van der Waals surface area contributed by atoms with E-state index in [9.17, 15) is 0 Å². The summed E-state index contributed by atoms with van der Waals surface area (Å²) in [5.74, 6) is 2.71. The summed E-state index contributed by atoms with van der Waals surface area (Å²) in [4.78, 5) is 7.06. The third-order valence-electron chi connectivity index (χ3n) is 6.10. The van der Waals surface area contributed by atoms with E-state index in [1.54, 1.807) is 11.8 Å². The Kier molecular flexibility index (Phi) is 7.27. The maximum absolute atomic E-state index is 6.16. The highest BCUT2D eigenvalue weighted by Crippen LogP contribution is 2.31. The van der Waals surface area contributed by atoms with Gasteiger partial charge < -0.3 is 4.52 Å². The number of piperidine rings is 1. The summed E-state index contributed by atoms with van der Waals surface area (Å²) in [6.45, 7) is 4.39. The zero-order valence-corrected chi connectivity index (χ0v) is 20.7. The first-order valence-corrected chi connectivity index (χ1v) is 13.0. The summed E-state index contributed by atoms with van der Waals surface area (Å²) >= 11 is 7.70. The molecule has 1 aliphatic rings. The van der Waals surface area contributed by atoms with Gasteiger partial charge in [-0.1, -0.05) is 65.3 Å². The third-order valence-corrected chi connectivity index (χ3v) is 7.26. The molecule has 1 atom stereocenters. The van der Waals surface area contributed by atoms with Crippen LogP contribution in [0.1, 0.15) is 55.3 Å². The van der Waals surface area contributed by atoms with E-state index < -0.39 is 0 Å². The summed E-state index contributed by atoms with van der Waals surface area (Å²) in [6.07, 6.45) is 4.39. The van der Waals surface area contributed by atoms with Crippen LogP contribution in [0, 0.1) is 0 Å². The van der Waals surface area contributed by atoms with Crippen molar-refractivity contribution in [3.05, 3.63) is 82.7 Å². The number of benzene rings is 2. The van der Waals surface area contributed by atoms with Gasteiger partial charge in [0.1, 0.15) is 0 Å². The summed E-state index contributed by atoms with van der Waals surface area (Å²) in [5.41, 5.74) is 2.15. The van der Waals surface area contributed by atoms with Crippen LogP contribution < -0.4 is 0 Å². The molecule has 0 bridgehead atoms. The van der Waals surface area contributed by atoms with Crippen molar-refractivity contribution in [2.45, 2.75) is 49.6 Å². The zero-order valence-electron chi connectivity index (χ0n) is 19.1. The van der Waals surface area contributed by atoms with Crippen LogP contribution in [0.25, 0.3) is 5.69 Å². The lowest BCUT2D eigenvalue weighted by atomic mass is 10.1. The molecule has 5 rings (SSSR count). The van der Waals surface area contributed by atoms with E-state index in [0.717, 1.165) is 35.3 Å². The summed E-state index contributed by atoms with van der Waals surface area (Å²) in [6, 6.07) is 18.1. The van der Waals surface area contributed by atoms with E-state index in [1.807, 2.05) is 42.5 Å². The van der Waals surface area contributed by atoms with Crippen molar-refractivity contribution in [3.8, 4) is 5.69 Å². The number of nitrogens with zero attached hydrogens (tertiary/aromatic N) is 6. The molecule has 2 aromatic carbocycles. The van der Waals surface area contributed by atoms with Gasteiger partial charge in [0.2, 0.25) is 5.89 Å². The number of halogens is 1. The van der Waals surface area contributed by atoms with Crippen LogP contribution >= 0.6 is 23.4 Å². The first-order valence-electron chi connectivity index (χ1n) is 11.6. The minimum atomic E-state index is 0.165. The molecule has 0 N–H and O–H groups in total. The highest BCUT2D eigenvalue weighted by atomic mass is 35.5. The molecular formula is C25H27ClN6OS. The molecule has 1 unspecified atom stereocenters. The van der Waals surface area contributed by atoms with E-state index in [-0.39, 0.29) is 6.04 Å². The topological polar surface area (TPSA) is 72.9 Å². The number of thioether (sulfide) groups is 1. The predicted molar refractivity (Wildman–Crippen MR) is 133 cm³/mol. The molecule has 1 aliphatic heterocycles. The highest BCUT2D eigenvalue weighted by Gasteiger charge is 2.26. The van der Waals surface area contributed by atoms with Crippen molar-refractivity contribution >= 4 is 23.4 Å². The fraction of sp³-hybridized carbons (Fsp3) is 0.360. The molecule has 4 aromatic rings. The van der Waals surface area contributed by atoms with Crippen LogP contribution in [0.5, 0.6) is 0 Å². The lowest BCUT2D eigenvalue weighted by Crippen LogP contribution is -2.33. The van der Waals surface area contributed by atoms with E-state index >= 15 is 0 Å². The Morgan fingerprint density at radius 1 is 1.00 bits per heavy atom. The van der Waals surface area contributed by atoms with E-state index in [1.165, 1.54) is 19.3 Å². The number of likely N-dealkylation sites (tertiary alicyclic amines) is 1. The average Bonchev–Trinajstić information content (AvgIpc) is 3.51. The average molecular weight is 495 g/mol. The van der Waals surface area contributed by atoms with Crippen LogP contribution in [0.2, 0.25) is 5.02 Å². The zero-order chi connectivity index (χ0) is 23.3. The van der Waals surface area contributed by atoms with Crippen LogP contribution in [0.15, 0.2) is 64.3 Å². The summed E-state index contributed by atoms with van der Waals surface area (Å²) < 4.78 is 7.63. The fourth-order valence-electron chi connectivity index (χ4n) is 4.27. The standard InChI is InChI=1S/C25H27ClN6OS/c1-18(31-14-6-3-7-15-31)24-28-29-25(32(24)21-12-10-20(26)11-13-21)34-17-23-27-22(30-33-23)16-19-8-4-2-5-9-19/h2,4-5,8-13,18H,3,6-7,14-17H2,1H3. The Bertz CT molecular complexity index is 1200. The quantitative estimate of drug-likeness (QED) is 0.289. The Morgan fingerprint density at radius 2 is 1.76 bits per heavy atom. The first kappa shape index (κ1) is 23.1. The van der Waals surface area contributed by atoms with Gasteiger partial charge in [-0.2, -0.15) is 4.98 Å². The number of aromatic nitrogens is 5. The van der Waals surface area contributed by atoms with Crippen LogP contribution in [0.4, 0.5) is 0 Å². The van der Waals surface area contributed by atoms with Crippen LogP contribution in [-0.2, 0) is 12.2 Å². The summed E-state index contributed by atoms with van der Waals surface area (Å²) in [5, 5.41) is 14.8. The SMILES string of the molecule is CC(c1nnc(SCc2nc(Cc3ccccc3)no2)n1-c1ccc(Cl)cc1)N1CCCCC1. The molecule has 0 radical (unpaired) electrons. The molecule has 7 nitrogen and oxygen atoms in total. The maximum Gasteiger partial charge on any atom is 0.237 e. The van der Waals surface area contributed by atoms with E-state index in [0.29, 0.717) is 28.9 Å². The van der Waals surface area contributed by atoms with Gasteiger partial charge in [-0.05, 0) is 62.7 Å². The molecular weight excluding hydrogens is 468 g/mol. The van der Waals surface area contributed by atoms with Gasteiger partial charge in [0.25, 0.3) is 0 Å². The minimum Gasteiger partial charge on any atom is -0.338 e. The van der Waals surface area contributed by atoms with E-state index in [4.69, 9.17) is 16.1 Å². The number of hydrogen-bond acceptors (Lipinski definition) is 7. The van der Waals surface area contributed by atoms with Crippen molar-refractivity contribution in [1.82, 2.24) is 29.8 Å². The lowest BCUT2D eigenvalue weighted by molar-refractivity contribution is 0.167. The number of hydrogen-bond donors (Lipinski definition) is 0. The molecule has 0 spiro atoms. The largest absolute Gasteiger partial charge is 0.338 e. The van der Waals surface area contributed by atoms with Crippen molar-refractivity contribution in [1.29, 1.82) is 0 Å². The molecule has 1 saturated heterocycles. The van der Waals surface area contributed by atoms with Crippen LogP contribution in [-0.4, -0.2) is 42.9 Å². The van der Waals surface area contributed by atoms with Gasteiger partial charge in [0.05, 0.1) is 11.8 Å². The van der Waals surface area contributed by atoms with Crippen molar-refractivity contribution in [2.75, 3.05) is 13.1 Å². The fourth-order valence-corrected chi connectivity index (χ4v) is 5.19. The minimum absolute atomic E-state index is 0.165. The molecule has 3 heterocycles. The van der Waals surface area contributed by atoms with Crippen molar-refractivity contribution < 1.29 is 4.52 Å². The van der Waals surface area contributed by atoms with E-state index in [2.05, 4.69) is 48.9 Å². The molecule has 9 heteroatoms. The first-order chi connectivity index (χ1) is 16.7. The van der Waals surface area contributed by atoms with Gasteiger partial charge in [-0.15, -0.1) is 10.2 Å². The third kappa shape index (κ3) is 5.35. The molecule has 0 aliphatic carbocycles. The monoisotopic (exact) mass is 494 g/mol. The summed E-state index contributed by atoms with van der Waals surface area (Å²) in [7, 11) is 0. The molecule has 0 saturated carbocycles. The Hall–Kier alpha value is -2.68. The Morgan fingerprint density at radius 3 is 2.53 bits per heavy atom. The van der Waals surface area contributed by atoms with Gasteiger partial charge in [-0.25, -0.2) is 0 Å². The Labute approximate surface area is 208 Å².